The summed E-state index contributed by atoms with van der Waals surface area (Å²) >= 11 is 0. The Hall–Kier alpha value is -1.52. The summed E-state index contributed by atoms with van der Waals surface area (Å²) in [6.07, 6.45) is 5.14. The average Bonchev–Trinajstić information content (AvgIpc) is 2.76. The molecule has 2 rings (SSSR count). The maximum atomic E-state index is 11.6. The molecular formula is C12H19N3O2. The van der Waals surface area contributed by atoms with Crippen molar-refractivity contribution in [2.24, 2.45) is 0 Å². The molecule has 0 aromatic heterocycles. The van der Waals surface area contributed by atoms with Crippen molar-refractivity contribution in [2.75, 3.05) is 26.2 Å². The number of hydrogen-bond acceptors (Lipinski definition) is 2. The van der Waals surface area contributed by atoms with Gasteiger partial charge in [0.05, 0.1) is 0 Å². The fourth-order valence-electron chi connectivity index (χ4n) is 2.48. The highest BCUT2D eigenvalue weighted by Gasteiger charge is 2.31. The van der Waals surface area contributed by atoms with Gasteiger partial charge >= 0.3 is 6.03 Å². The number of likely N-dealkylation sites (tertiary alicyclic amines) is 1. The summed E-state index contributed by atoms with van der Waals surface area (Å²) in [5.41, 5.74) is 0. The Morgan fingerprint density at radius 2 is 2.06 bits per heavy atom. The second-order valence-corrected chi connectivity index (χ2v) is 4.48. The van der Waals surface area contributed by atoms with Crippen molar-refractivity contribution in [2.45, 2.75) is 25.8 Å². The zero-order valence-electron chi connectivity index (χ0n) is 10.2. The number of amides is 3. The van der Waals surface area contributed by atoms with Gasteiger partial charge in [0, 0.05) is 32.2 Å². The lowest BCUT2D eigenvalue weighted by Gasteiger charge is -2.35. The summed E-state index contributed by atoms with van der Waals surface area (Å²) in [5.74, 6) is 0.0804. The van der Waals surface area contributed by atoms with E-state index in [2.05, 4.69) is 5.32 Å². The molecule has 5 nitrogen and oxygen atoms in total. The molecule has 0 spiro atoms. The molecule has 1 N–H and O–H groups in total. The maximum absolute atomic E-state index is 11.6. The third-order valence-electron chi connectivity index (χ3n) is 3.42. The molecule has 2 heterocycles. The summed E-state index contributed by atoms with van der Waals surface area (Å²) in [7, 11) is 0. The van der Waals surface area contributed by atoms with Gasteiger partial charge in [-0.15, -0.1) is 0 Å². The van der Waals surface area contributed by atoms with Gasteiger partial charge in [0.2, 0.25) is 5.91 Å². The van der Waals surface area contributed by atoms with Crippen molar-refractivity contribution in [1.29, 1.82) is 0 Å². The molecule has 5 heteroatoms. The molecule has 0 aliphatic carbocycles. The van der Waals surface area contributed by atoms with Crippen LogP contribution in [-0.2, 0) is 4.79 Å². The minimum atomic E-state index is 0.0447. The van der Waals surface area contributed by atoms with Crippen molar-refractivity contribution < 1.29 is 9.59 Å². The third kappa shape index (κ3) is 2.60. The van der Waals surface area contributed by atoms with Crippen LogP contribution in [0.4, 0.5) is 4.79 Å². The van der Waals surface area contributed by atoms with Gasteiger partial charge in [0.25, 0.3) is 0 Å². The number of hydrogen-bond donors (Lipinski definition) is 1. The van der Waals surface area contributed by atoms with E-state index in [0.717, 1.165) is 39.0 Å². The monoisotopic (exact) mass is 237 g/mol. The van der Waals surface area contributed by atoms with Gasteiger partial charge < -0.3 is 15.1 Å². The van der Waals surface area contributed by atoms with E-state index in [9.17, 15) is 9.59 Å². The molecule has 0 saturated carbocycles. The van der Waals surface area contributed by atoms with Gasteiger partial charge in [-0.25, -0.2) is 4.79 Å². The first-order valence-electron chi connectivity index (χ1n) is 6.18. The van der Waals surface area contributed by atoms with E-state index < -0.39 is 0 Å². The minimum Gasteiger partial charge on any atom is -0.339 e. The molecule has 3 amide bonds. The van der Waals surface area contributed by atoms with Crippen LogP contribution in [0.3, 0.4) is 0 Å². The fourth-order valence-corrected chi connectivity index (χ4v) is 2.48. The van der Waals surface area contributed by atoms with Crippen molar-refractivity contribution >= 4 is 11.9 Å². The molecule has 0 bridgehead atoms. The molecule has 2 saturated heterocycles. The first-order chi connectivity index (χ1) is 8.22. The Kier molecular flexibility index (Phi) is 3.66. The Morgan fingerprint density at radius 1 is 1.35 bits per heavy atom. The van der Waals surface area contributed by atoms with E-state index in [-0.39, 0.29) is 11.9 Å². The van der Waals surface area contributed by atoms with Crippen LogP contribution >= 0.6 is 0 Å². The van der Waals surface area contributed by atoms with E-state index in [1.165, 1.54) is 0 Å². The number of carbonyl (C=O) groups is 2. The van der Waals surface area contributed by atoms with Gasteiger partial charge in [-0.1, -0.05) is 6.08 Å². The lowest BCUT2D eigenvalue weighted by molar-refractivity contribution is -0.127. The lowest BCUT2D eigenvalue weighted by Crippen LogP contribution is -2.47. The third-order valence-corrected chi connectivity index (χ3v) is 3.42. The standard InChI is InChI=1S/C12H19N3O2/c1-2-3-11(16)14-7-4-10(5-8-14)15-9-6-13-12(15)17/h2-3,10H,4-9H2,1H3,(H,13,17). The van der Waals surface area contributed by atoms with E-state index in [1.54, 1.807) is 12.2 Å². The molecule has 2 aliphatic heterocycles. The zero-order valence-corrected chi connectivity index (χ0v) is 10.2. The molecule has 17 heavy (non-hydrogen) atoms. The minimum absolute atomic E-state index is 0.0447. The number of piperidine rings is 1. The van der Waals surface area contributed by atoms with Gasteiger partial charge in [0.15, 0.2) is 0 Å². The SMILES string of the molecule is CC=CC(=O)N1CCC(N2CCNC2=O)CC1. The maximum Gasteiger partial charge on any atom is 0.317 e. The van der Waals surface area contributed by atoms with Gasteiger partial charge in [-0.2, -0.15) is 0 Å². The molecule has 2 aliphatic rings. The second-order valence-electron chi connectivity index (χ2n) is 4.48. The van der Waals surface area contributed by atoms with Crippen LogP contribution in [0.2, 0.25) is 0 Å². The quantitative estimate of drug-likeness (QED) is 0.714. The largest absolute Gasteiger partial charge is 0.339 e. The average molecular weight is 237 g/mol. The number of carbonyl (C=O) groups excluding carboxylic acids is 2. The molecule has 0 atom stereocenters. The van der Waals surface area contributed by atoms with E-state index in [1.807, 2.05) is 16.7 Å². The fraction of sp³-hybridized carbons (Fsp3) is 0.667. The van der Waals surface area contributed by atoms with Crippen LogP contribution in [0.25, 0.3) is 0 Å². The van der Waals surface area contributed by atoms with Crippen molar-refractivity contribution in [3.05, 3.63) is 12.2 Å². The Bertz CT molecular complexity index is 333. The number of rotatable bonds is 2. The van der Waals surface area contributed by atoms with E-state index in [4.69, 9.17) is 0 Å². The number of urea groups is 1. The Labute approximate surface area is 101 Å². The van der Waals surface area contributed by atoms with Gasteiger partial charge in [0.1, 0.15) is 0 Å². The molecule has 2 fully saturated rings. The molecule has 0 radical (unpaired) electrons. The van der Waals surface area contributed by atoms with Crippen molar-refractivity contribution in [3.63, 3.8) is 0 Å². The first kappa shape index (κ1) is 12.0. The molecule has 0 aromatic rings. The summed E-state index contributed by atoms with van der Waals surface area (Å²) in [6, 6.07) is 0.343. The Morgan fingerprint density at radius 3 is 2.59 bits per heavy atom. The number of nitrogens with one attached hydrogen (secondary N) is 1. The van der Waals surface area contributed by atoms with Crippen LogP contribution in [-0.4, -0.2) is 54.0 Å². The lowest BCUT2D eigenvalue weighted by atomic mass is 10.0. The topological polar surface area (TPSA) is 52.7 Å². The van der Waals surface area contributed by atoms with Crippen LogP contribution in [0.1, 0.15) is 19.8 Å². The molecule has 94 valence electrons. The highest BCUT2D eigenvalue weighted by atomic mass is 16.2. The number of allylic oxidation sites excluding steroid dienone is 1. The van der Waals surface area contributed by atoms with Crippen LogP contribution < -0.4 is 5.32 Å². The summed E-state index contributed by atoms with van der Waals surface area (Å²) in [4.78, 5) is 26.9. The predicted octanol–water partition coefficient (Wildman–Crippen LogP) is 0.579. The van der Waals surface area contributed by atoms with Crippen LogP contribution in [0.15, 0.2) is 12.2 Å². The summed E-state index contributed by atoms with van der Waals surface area (Å²) in [6.45, 7) is 4.89. The highest BCUT2D eigenvalue weighted by molar-refractivity contribution is 5.87. The summed E-state index contributed by atoms with van der Waals surface area (Å²) in [5, 5.41) is 2.82. The second kappa shape index (κ2) is 5.21. The zero-order chi connectivity index (χ0) is 12.3. The Balaban J connectivity index is 1.85. The van der Waals surface area contributed by atoms with Gasteiger partial charge in [-0.3, -0.25) is 4.79 Å². The smallest absolute Gasteiger partial charge is 0.317 e. The van der Waals surface area contributed by atoms with Crippen LogP contribution in [0, 0.1) is 0 Å². The van der Waals surface area contributed by atoms with E-state index in [0.29, 0.717) is 6.04 Å². The van der Waals surface area contributed by atoms with Crippen molar-refractivity contribution in [3.8, 4) is 0 Å². The highest BCUT2D eigenvalue weighted by Crippen LogP contribution is 2.18. The van der Waals surface area contributed by atoms with E-state index >= 15 is 0 Å². The molecule has 0 unspecified atom stereocenters. The van der Waals surface area contributed by atoms with Gasteiger partial charge in [-0.05, 0) is 25.8 Å². The normalized spacial score (nSPS) is 22.3. The van der Waals surface area contributed by atoms with Crippen LogP contribution in [0.5, 0.6) is 0 Å². The molecular weight excluding hydrogens is 218 g/mol. The summed E-state index contributed by atoms with van der Waals surface area (Å²) < 4.78 is 0. The first-order valence-corrected chi connectivity index (χ1v) is 6.18. The molecule has 0 aromatic carbocycles. The number of nitrogens with zero attached hydrogens (tertiary/aromatic N) is 2. The van der Waals surface area contributed by atoms with Crippen molar-refractivity contribution in [1.82, 2.24) is 15.1 Å². The predicted molar refractivity (Wildman–Crippen MR) is 64.5 cm³/mol.